The Hall–Kier alpha value is -2.85. The van der Waals surface area contributed by atoms with Crippen molar-refractivity contribution in [3.8, 4) is 17.6 Å². The SMILES string of the molecule is CCOc1cc(/C=C(/C#N)C(=O)NC2CCCC2)c(Br)cc1OCc1cccc(F)c1. The molecule has 0 atom stereocenters. The van der Waals surface area contributed by atoms with Crippen molar-refractivity contribution in [2.45, 2.75) is 45.3 Å². The average molecular weight is 487 g/mol. The summed E-state index contributed by atoms with van der Waals surface area (Å²) in [6.45, 7) is 2.44. The van der Waals surface area contributed by atoms with Gasteiger partial charge >= 0.3 is 0 Å². The second-order valence-electron chi connectivity index (χ2n) is 7.30. The molecule has 1 fully saturated rings. The number of carbonyl (C=O) groups excluding carboxylic acids is 1. The molecule has 0 spiro atoms. The van der Waals surface area contributed by atoms with Crippen molar-refractivity contribution in [2.24, 2.45) is 0 Å². The summed E-state index contributed by atoms with van der Waals surface area (Å²) >= 11 is 3.48. The van der Waals surface area contributed by atoms with Gasteiger partial charge in [-0.3, -0.25) is 4.79 Å². The Labute approximate surface area is 190 Å². The summed E-state index contributed by atoms with van der Waals surface area (Å²) in [7, 11) is 0. The fourth-order valence-electron chi connectivity index (χ4n) is 3.47. The molecule has 1 N–H and O–H groups in total. The van der Waals surface area contributed by atoms with Gasteiger partial charge in [-0.2, -0.15) is 5.26 Å². The monoisotopic (exact) mass is 486 g/mol. The summed E-state index contributed by atoms with van der Waals surface area (Å²) in [5.41, 5.74) is 1.35. The number of halogens is 2. The lowest BCUT2D eigenvalue weighted by Gasteiger charge is -2.15. The highest BCUT2D eigenvalue weighted by Crippen LogP contribution is 2.35. The molecule has 2 aromatic carbocycles. The normalized spacial score (nSPS) is 14.2. The van der Waals surface area contributed by atoms with Gasteiger partial charge in [-0.15, -0.1) is 0 Å². The molecule has 1 amide bonds. The molecule has 0 heterocycles. The molecule has 1 aliphatic carbocycles. The standard InChI is InChI=1S/C24H24BrFN2O3/c1-2-30-22-12-17(11-18(14-27)24(29)28-20-8-3-4-9-20)21(25)13-23(22)31-15-16-6-5-7-19(26)10-16/h5-7,10-13,20H,2-4,8-9,15H2,1H3,(H,28,29)/b18-11-. The van der Waals surface area contributed by atoms with Gasteiger partial charge in [0.25, 0.3) is 5.91 Å². The van der Waals surface area contributed by atoms with E-state index in [1.165, 1.54) is 18.2 Å². The second kappa shape index (κ2) is 11.0. The van der Waals surface area contributed by atoms with Crippen LogP contribution in [0.3, 0.4) is 0 Å². The van der Waals surface area contributed by atoms with Gasteiger partial charge in [0.2, 0.25) is 0 Å². The third-order valence-electron chi connectivity index (χ3n) is 5.00. The number of amides is 1. The molecule has 0 saturated heterocycles. The topological polar surface area (TPSA) is 71.3 Å². The minimum absolute atomic E-state index is 0.0310. The number of hydrogen-bond donors (Lipinski definition) is 1. The maximum atomic E-state index is 13.4. The largest absolute Gasteiger partial charge is 0.490 e. The first kappa shape index (κ1) is 22.8. The van der Waals surface area contributed by atoms with E-state index in [9.17, 15) is 14.4 Å². The zero-order valence-corrected chi connectivity index (χ0v) is 18.9. The fourth-order valence-corrected chi connectivity index (χ4v) is 3.90. The summed E-state index contributed by atoms with van der Waals surface area (Å²) in [5.74, 6) is 0.254. The van der Waals surface area contributed by atoms with Crippen molar-refractivity contribution in [1.29, 1.82) is 5.26 Å². The van der Waals surface area contributed by atoms with E-state index in [0.29, 0.717) is 33.7 Å². The van der Waals surface area contributed by atoms with Crippen LogP contribution >= 0.6 is 15.9 Å². The lowest BCUT2D eigenvalue weighted by atomic mass is 10.1. The molecule has 0 aliphatic heterocycles. The van der Waals surface area contributed by atoms with Gasteiger partial charge in [-0.25, -0.2) is 4.39 Å². The zero-order valence-electron chi connectivity index (χ0n) is 17.3. The summed E-state index contributed by atoms with van der Waals surface area (Å²) in [6.07, 6.45) is 5.61. The molecule has 1 aliphatic rings. The highest BCUT2D eigenvalue weighted by molar-refractivity contribution is 9.10. The van der Waals surface area contributed by atoms with Gasteiger partial charge in [-0.1, -0.05) is 40.9 Å². The van der Waals surface area contributed by atoms with E-state index in [4.69, 9.17) is 9.47 Å². The molecule has 0 unspecified atom stereocenters. The quantitative estimate of drug-likeness (QED) is 0.393. The molecule has 162 valence electrons. The summed E-state index contributed by atoms with van der Waals surface area (Å²) < 4.78 is 25.6. The highest BCUT2D eigenvalue weighted by atomic mass is 79.9. The molecule has 5 nitrogen and oxygen atoms in total. The molecule has 31 heavy (non-hydrogen) atoms. The first-order valence-electron chi connectivity index (χ1n) is 10.3. The Balaban J connectivity index is 1.81. The van der Waals surface area contributed by atoms with E-state index in [1.807, 2.05) is 13.0 Å². The maximum absolute atomic E-state index is 13.4. The number of rotatable bonds is 8. The molecular formula is C24H24BrFN2O3. The van der Waals surface area contributed by atoms with Crippen LogP contribution in [-0.2, 0) is 11.4 Å². The number of hydrogen-bond acceptors (Lipinski definition) is 4. The lowest BCUT2D eigenvalue weighted by molar-refractivity contribution is -0.117. The van der Waals surface area contributed by atoms with Crippen LogP contribution in [0.1, 0.15) is 43.7 Å². The lowest BCUT2D eigenvalue weighted by Crippen LogP contribution is -2.33. The van der Waals surface area contributed by atoms with Crippen LogP contribution < -0.4 is 14.8 Å². The van der Waals surface area contributed by atoms with E-state index in [-0.39, 0.29) is 29.9 Å². The molecule has 2 aromatic rings. The Kier molecular flexibility index (Phi) is 8.07. The van der Waals surface area contributed by atoms with Gasteiger partial charge in [0.05, 0.1) is 6.61 Å². The highest BCUT2D eigenvalue weighted by Gasteiger charge is 2.20. The van der Waals surface area contributed by atoms with Gasteiger partial charge in [0.1, 0.15) is 24.1 Å². The van der Waals surface area contributed by atoms with E-state index in [0.717, 1.165) is 25.7 Å². The minimum atomic E-state index is -0.370. The predicted octanol–water partition coefficient (Wildman–Crippen LogP) is 5.53. The summed E-state index contributed by atoms with van der Waals surface area (Å²) in [5, 5.41) is 12.4. The smallest absolute Gasteiger partial charge is 0.262 e. The molecule has 0 bridgehead atoms. The van der Waals surface area contributed by atoms with Crippen molar-refractivity contribution in [3.63, 3.8) is 0 Å². The average Bonchev–Trinajstić information content (AvgIpc) is 3.25. The first-order chi connectivity index (χ1) is 15.0. The molecule has 1 saturated carbocycles. The maximum Gasteiger partial charge on any atom is 0.262 e. The van der Waals surface area contributed by atoms with Crippen molar-refractivity contribution in [2.75, 3.05) is 6.61 Å². The van der Waals surface area contributed by atoms with Gasteiger partial charge in [-0.05, 0) is 61.2 Å². The van der Waals surface area contributed by atoms with Crippen molar-refractivity contribution in [1.82, 2.24) is 5.32 Å². The van der Waals surface area contributed by atoms with Crippen molar-refractivity contribution < 1.29 is 18.7 Å². The number of carbonyl (C=O) groups is 1. The minimum Gasteiger partial charge on any atom is -0.490 e. The first-order valence-corrected chi connectivity index (χ1v) is 11.1. The van der Waals surface area contributed by atoms with Crippen LogP contribution in [0.2, 0.25) is 0 Å². The number of nitriles is 1. The number of nitrogens with zero attached hydrogens (tertiary/aromatic N) is 1. The third kappa shape index (κ3) is 6.31. The zero-order chi connectivity index (χ0) is 22.2. The van der Waals surface area contributed by atoms with E-state index in [1.54, 1.807) is 24.3 Å². The van der Waals surface area contributed by atoms with Crippen molar-refractivity contribution in [3.05, 3.63) is 63.4 Å². The van der Waals surface area contributed by atoms with Crippen LogP contribution in [0.5, 0.6) is 11.5 Å². The van der Waals surface area contributed by atoms with Crippen molar-refractivity contribution >= 4 is 27.9 Å². The van der Waals surface area contributed by atoms with Gasteiger partial charge in [0.15, 0.2) is 11.5 Å². The summed E-state index contributed by atoms with van der Waals surface area (Å²) in [4.78, 5) is 12.5. The predicted molar refractivity (Wildman–Crippen MR) is 120 cm³/mol. The Morgan fingerprint density at radius 3 is 2.68 bits per heavy atom. The van der Waals surface area contributed by atoms with Crippen LogP contribution in [0.25, 0.3) is 6.08 Å². The van der Waals surface area contributed by atoms with Crippen LogP contribution in [-0.4, -0.2) is 18.6 Å². The van der Waals surface area contributed by atoms with E-state index < -0.39 is 0 Å². The van der Waals surface area contributed by atoms with E-state index in [2.05, 4.69) is 21.2 Å². The Morgan fingerprint density at radius 2 is 2.00 bits per heavy atom. The van der Waals surface area contributed by atoms with E-state index >= 15 is 0 Å². The van der Waals surface area contributed by atoms with Crippen LogP contribution in [0, 0.1) is 17.1 Å². The fraction of sp³-hybridized carbons (Fsp3) is 0.333. The Bertz CT molecular complexity index is 1010. The molecule has 0 radical (unpaired) electrons. The van der Waals surface area contributed by atoms with Crippen LogP contribution in [0.15, 0.2) is 46.4 Å². The second-order valence-corrected chi connectivity index (χ2v) is 8.15. The molecular weight excluding hydrogens is 463 g/mol. The van der Waals surface area contributed by atoms with Gasteiger partial charge in [0, 0.05) is 10.5 Å². The molecule has 7 heteroatoms. The Morgan fingerprint density at radius 1 is 1.26 bits per heavy atom. The molecule has 0 aromatic heterocycles. The van der Waals surface area contributed by atoms with Gasteiger partial charge < -0.3 is 14.8 Å². The van der Waals surface area contributed by atoms with Crippen LogP contribution in [0.4, 0.5) is 4.39 Å². The summed E-state index contributed by atoms with van der Waals surface area (Å²) in [6, 6.07) is 11.7. The number of benzene rings is 2. The number of nitrogens with one attached hydrogen (secondary N) is 1. The number of ether oxygens (including phenoxy) is 2. The third-order valence-corrected chi connectivity index (χ3v) is 5.69. The molecule has 3 rings (SSSR count).